The molecule has 0 aliphatic heterocycles. The summed E-state index contributed by atoms with van der Waals surface area (Å²) in [4.78, 5) is 0. The van der Waals surface area contributed by atoms with Crippen LogP contribution < -0.4 is 5.32 Å². The molecule has 2 N–H and O–H groups in total. The van der Waals surface area contributed by atoms with Crippen LogP contribution in [0, 0.1) is 11.7 Å². The fourth-order valence-electron chi connectivity index (χ4n) is 2.36. The molecule has 1 aromatic rings. The van der Waals surface area contributed by atoms with Crippen molar-refractivity contribution in [3.8, 4) is 0 Å². The van der Waals surface area contributed by atoms with Crippen LogP contribution in [-0.4, -0.2) is 17.3 Å². The third-order valence-corrected chi connectivity index (χ3v) is 3.60. The third-order valence-electron chi connectivity index (χ3n) is 3.60. The molecule has 0 aromatic heterocycles. The Labute approximate surface area is 108 Å². The van der Waals surface area contributed by atoms with E-state index in [-0.39, 0.29) is 11.9 Å². The second-order valence-corrected chi connectivity index (χ2v) is 5.91. The molecule has 1 saturated carbocycles. The topological polar surface area (TPSA) is 32.3 Å². The lowest BCUT2D eigenvalue weighted by molar-refractivity contribution is 0.0697. The zero-order valence-corrected chi connectivity index (χ0v) is 11.1. The van der Waals surface area contributed by atoms with E-state index in [1.165, 1.54) is 31.4 Å². The molecule has 1 aliphatic rings. The van der Waals surface area contributed by atoms with Crippen molar-refractivity contribution in [1.82, 2.24) is 5.32 Å². The highest BCUT2D eigenvalue weighted by molar-refractivity contribution is 5.21. The number of aliphatic hydroxyl groups is 1. The Morgan fingerprint density at radius 3 is 2.39 bits per heavy atom. The van der Waals surface area contributed by atoms with Gasteiger partial charge < -0.3 is 10.4 Å². The minimum atomic E-state index is -0.720. The fourth-order valence-corrected chi connectivity index (χ4v) is 2.36. The van der Waals surface area contributed by atoms with Crippen molar-refractivity contribution in [1.29, 1.82) is 0 Å². The molecule has 3 heteroatoms. The van der Waals surface area contributed by atoms with Crippen LogP contribution in [0.15, 0.2) is 24.3 Å². The van der Waals surface area contributed by atoms with Crippen LogP contribution in [0.25, 0.3) is 0 Å². The highest BCUT2D eigenvalue weighted by Crippen LogP contribution is 2.37. The molecule has 0 radical (unpaired) electrons. The third kappa shape index (κ3) is 3.53. The molecular formula is C15H22FNO. The molecule has 2 rings (SSSR count). The summed E-state index contributed by atoms with van der Waals surface area (Å²) in [6, 6.07) is 6.93. The van der Waals surface area contributed by atoms with Crippen molar-refractivity contribution in [3.05, 3.63) is 35.6 Å². The maximum Gasteiger partial charge on any atom is 0.123 e. The molecule has 18 heavy (non-hydrogen) atoms. The molecule has 100 valence electrons. The van der Waals surface area contributed by atoms with Crippen LogP contribution >= 0.6 is 0 Å². The largest absolute Gasteiger partial charge is 0.389 e. The van der Waals surface area contributed by atoms with E-state index in [4.69, 9.17) is 0 Å². The summed E-state index contributed by atoms with van der Waals surface area (Å²) in [7, 11) is 0. The smallest absolute Gasteiger partial charge is 0.123 e. The normalized spacial score (nSPS) is 18.4. The van der Waals surface area contributed by atoms with E-state index < -0.39 is 5.60 Å². The Morgan fingerprint density at radius 1 is 1.33 bits per heavy atom. The van der Waals surface area contributed by atoms with Gasteiger partial charge in [0.25, 0.3) is 0 Å². The van der Waals surface area contributed by atoms with E-state index in [0.29, 0.717) is 12.5 Å². The van der Waals surface area contributed by atoms with E-state index in [1.807, 2.05) is 12.1 Å². The number of nitrogens with one attached hydrogen (secondary N) is 1. The number of benzene rings is 1. The minimum Gasteiger partial charge on any atom is -0.389 e. The van der Waals surface area contributed by atoms with Crippen molar-refractivity contribution < 1.29 is 9.50 Å². The van der Waals surface area contributed by atoms with Crippen LogP contribution in [0.2, 0.25) is 0 Å². The van der Waals surface area contributed by atoms with E-state index in [2.05, 4.69) is 5.32 Å². The Kier molecular flexibility index (Phi) is 4.03. The number of hydrogen-bond acceptors (Lipinski definition) is 2. The molecule has 0 saturated heterocycles. The van der Waals surface area contributed by atoms with Gasteiger partial charge in [0.05, 0.1) is 5.60 Å². The van der Waals surface area contributed by atoms with Gasteiger partial charge in [-0.15, -0.1) is 0 Å². The van der Waals surface area contributed by atoms with Gasteiger partial charge in [-0.05, 0) is 50.3 Å². The van der Waals surface area contributed by atoms with Gasteiger partial charge in [-0.2, -0.15) is 0 Å². The lowest BCUT2D eigenvalue weighted by Gasteiger charge is -2.36. The zero-order chi connectivity index (χ0) is 13.2. The van der Waals surface area contributed by atoms with Crippen LogP contribution in [0.5, 0.6) is 0 Å². The molecule has 1 aromatic carbocycles. The molecule has 1 fully saturated rings. The SMILES string of the molecule is CC(C)(O)CNC(c1ccc(F)cc1)C1CCC1. The first-order chi connectivity index (χ1) is 8.46. The van der Waals surface area contributed by atoms with Gasteiger partial charge >= 0.3 is 0 Å². The van der Waals surface area contributed by atoms with Crippen LogP contribution in [0.4, 0.5) is 4.39 Å². The maximum absolute atomic E-state index is 13.0. The lowest BCUT2D eigenvalue weighted by atomic mass is 9.77. The van der Waals surface area contributed by atoms with Crippen LogP contribution in [-0.2, 0) is 0 Å². The standard InChI is InChI=1S/C15H22FNO/c1-15(2,18)10-17-14(11-4-3-5-11)12-6-8-13(16)9-7-12/h6-9,11,14,17-18H,3-5,10H2,1-2H3. The molecule has 0 amide bonds. The van der Waals surface area contributed by atoms with Gasteiger partial charge in [0.15, 0.2) is 0 Å². The van der Waals surface area contributed by atoms with E-state index >= 15 is 0 Å². The second kappa shape index (κ2) is 5.37. The summed E-state index contributed by atoms with van der Waals surface area (Å²) < 4.78 is 13.0. The molecule has 1 aliphatic carbocycles. The van der Waals surface area contributed by atoms with Gasteiger partial charge in [-0.1, -0.05) is 18.6 Å². The monoisotopic (exact) mass is 251 g/mol. The van der Waals surface area contributed by atoms with Crippen molar-refractivity contribution in [2.24, 2.45) is 5.92 Å². The molecule has 0 spiro atoms. The first kappa shape index (κ1) is 13.5. The predicted molar refractivity (Wildman–Crippen MR) is 70.8 cm³/mol. The molecule has 1 unspecified atom stereocenters. The molecule has 0 heterocycles. The predicted octanol–water partition coefficient (Wildman–Crippen LogP) is 3.03. The Morgan fingerprint density at radius 2 is 1.94 bits per heavy atom. The number of rotatable bonds is 5. The summed E-state index contributed by atoms with van der Waals surface area (Å²) in [5, 5.41) is 13.2. The number of hydrogen-bond donors (Lipinski definition) is 2. The molecular weight excluding hydrogens is 229 g/mol. The maximum atomic E-state index is 13.0. The van der Waals surface area contributed by atoms with Crippen molar-refractivity contribution >= 4 is 0 Å². The van der Waals surface area contributed by atoms with Crippen molar-refractivity contribution in [2.75, 3.05) is 6.54 Å². The highest BCUT2D eigenvalue weighted by Gasteiger charge is 2.29. The highest BCUT2D eigenvalue weighted by atomic mass is 19.1. The minimum absolute atomic E-state index is 0.200. The first-order valence-corrected chi connectivity index (χ1v) is 6.67. The Bertz CT molecular complexity index is 378. The Hall–Kier alpha value is -0.930. The lowest BCUT2D eigenvalue weighted by Crippen LogP contribution is -2.40. The van der Waals surface area contributed by atoms with Crippen molar-refractivity contribution in [2.45, 2.75) is 44.8 Å². The van der Waals surface area contributed by atoms with Gasteiger partial charge in [0.1, 0.15) is 5.82 Å². The summed E-state index contributed by atoms with van der Waals surface area (Å²) in [5.74, 6) is 0.409. The number of halogens is 1. The van der Waals surface area contributed by atoms with E-state index in [1.54, 1.807) is 13.8 Å². The molecule has 2 nitrogen and oxygen atoms in total. The summed E-state index contributed by atoms with van der Waals surface area (Å²) >= 11 is 0. The van der Waals surface area contributed by atoms with Gasteiger partial charge in [0, 0.05) is 12.6 Å². The Balaban J connectivity index is 2.07. The summed E-state index contributed by atoms with van der Waals surface area (Å²) in [6.45, 7) is 4.14. The fraction of sp³-hybridized carbons (Fsp3) is 0.600. The zero-order valence-electron chi connectivity index (χ0n) is 11.1. The average molecular weight is 251 g/mol. The van der Waals surface area contributed by atoms with Gasteiger partial charge in [0.2, 0.25) is 0 Å². The quantitative estimate of drug-likeness (QED) is 0.843. The first-order valence-electron chi connectivity index (χ1n) is 6.67. The second-order valence-electron chi connectivity index (χ2n) is 5.91. The molecule has 1 atom stereocenters. The van der Waals surface area contributed by atoms with Crippen LogP contribution in [0.3, 0.4) is 0 Å². The molecule has 0 bridgehead atoms. The van der Waals surface area contributed by atoms with Gasteiger partial charge in [-0.25, -0.2) is 4.39 Å². The summed E-state index contributed by atoms with van der Waals surface area (Å²) in [5.41, 5.74) is 0.396. The van der Waals surface area contributed by atoms with Crippen LogP contribution in [0.1, 0.15) is 44.7 Å². The average Bonchev–Trinajstić information content (AvgIpc) is 2.21. The van der Waals surface area contributed by atoms with Crippen molar-refractivity contribution in [3.63, 3.8) is 0 Å². The van der Waals surface area contributed by atoms with E-state index in [0.717, 1.165) is 5.56 Å². The van der Waals surface area contributed by atoms with Gasteiger partial charge in [-0.3, -0.25) is 0 Å². The van der Waals surface area contributed by atoms with E-state index in [9.17, 15) is 9.50 Å². The summed E-state index contributed by atoms with van der Waals surface area (Å²) in [6.07, 6.45) is 3.69.